The summed E-state index contributed by atoms with van der Waals surface area (Å²) < 4.78 is 15.8. The van der Waals surface area contributed by atoms with E-state index in [0.717, 1.165) is 0 Å². The molecule has 3 rings (SSSR count). The van der Waals surface area contributed by atoms with Crippen LogP contribution in [-0.2, 0) is 33.4 Å². The summed E-state index contributed by atoms with van der Waals surface area (Å²) in [5.74, 6) is 0. The van der Waals surface area contributed by atoms with Crippen LogP contribution < -0.4 is 0 Å². The van der Waals surface area contributed by atoms with Crippen molar-refractivity contribution >= 4 is 59.8 Å². The molecule has 0 amide bonds. The van der Waals surface area contributed by atoms with Crippen LogP contribution in [0.5, 0.6) is 0 Å². The monoisotopic (exact) mass is 757 g/mol. The topological polar surface area (TPSA) is 416 Å². The van der Waals surface area contributed by atoms with E-state index in [2.05, 4.69) is 0 Å². The van der Waals surface area contributed by atoms with Gasteiger partial charge in [-0.2, -0.15) is 0 Å². The first kappa shape index (κ1) is 39.0. The van der Waals surface area contributed by atoms with Crippen molar-refractivity contribution in [1.29, 1.82) is 0 Å². The third-order valence-electron chi connectivity index (χ3n) is 6.30. The zero-order valence-electron chi connectivity index (χ0n) is 24.6. The maximum absolute atomic E-state index is 11.7. The van der Waals surface area contributed by atoms with Crippen molar-refractivity contribution < 1.29 is 57.9 Å². The van der Waals surface area contributed by atoms with Gasteiger partial charge in [-0.1, -0.05) is 0 Å². The molecule has 0 aliphatic rings. The number of nitro benzene ring substituents is 9. The highest BCUT2D eigenvalue weighted by molar-refractivity contribution is 7.41. The Morgan fingerprint density at radius 2 is 0.558 bits per heavy atom. The zero-order chi connectivity index (χ0) is 39.2. The first-order valence-corrected chi connectivity index (χ1v) is 13.9. The molecule has 0 aliphatic heterocycles. The number of nitrogens with zero attached hydrogens (tertiary/aromatic N) is 9. The number of rotatable bonds is 18. The summed E-state index contributed by atoms with van der Waals surface area (Å²) >= 11 is 0. The van der Waals surface area contributed by atoms with Crippen molar-refractivity contribution in [2.45, 2.75) is 19.8 Å². The maximum atomic E-state index is 11.7. The van der Waals surface area contributed by atoms with E-state index in [1.54, 1.807) is 0 Å². The van der Waals surface area contributed by atoms with Gasteiger partial charge < -0.3 is 13.6 Å². The summed E-state index contributed by atoms with van der Waals surface area (Å²) in [7, 11) is -3.24. The predicted molar refractivity (Wildman–Crippen MR) is 161 cm³/mol. The maximum Gasteiger partial charge on any atom is 0.422 e. The molecule has 0 aromatic heterocycles. The summed E-state index contributed by atoms with van der Waals surface area (Å²) in [6.07, 6.45) is 0. The van der Waals surface area contributed by atoms with Crippen molar-refractivity contribution in [1.82, 2.24) is 0 Å². The van der Waals surface area contributed by atoms with E-state index < -0.39 is 141 Å². The fraction of sp³-hybridized carbons (Fsp3) is 0.143. The first-order valence-electron chi connectivity index (χ1n) is 12.8. The summed E-state index contributed by atoms with van der Waals surface area (Å²) in [6.45, 7) is -3.52. The van der Waals surface area contributed by atoms with E-state index in [1.165, 1.54) is 0 Å². The molecule has 31 heteroatoms. The second kappa shape index (κ2) is 15.9. The Hall–Kier alpha value is -7.43. The minimum Gasteiger partial charge on any atom is -0.307 e. The van der Waals surface area contributed by atoms with Gasteiger partial charge >= 0.3 is 59.8 Å². The molecule has 0 fully saturated rings. The van der Waals surface area contributed by atoms with Gasteiger partial charge in [0.2, 0.25) is 0 Å². The van der Waals surface area contributed by atoms with Crippen molar-refractivity contribution in [3.63, 3.8) is 0 Å². The molecule has 0 atom stereocenters. The van der Waals surface area contributed by atoms with Crippen LogP contribution in [-0.4, -0.2) is 44.3 Å². The SMILES string of the molecule is O=[N+]([O-])c1ccc(COP(OCc2ccc([N+](=O)[O-])c([N+](=O)[O-])c2[N+](=O)[O-])OCc2ccc([N+](=O)[O-])c([N+](=O)[O-])c2[N+](=O)[O-])c([N+](=O)[O-])c1[N+](=O)[O-]. The highest BCUT2D eigenvalue weighted by atomic mass is 31.2. The molecule has 30 nitrogen and oxygen atoms in total. The van der Waals surface area contributed by atoms with Gasteiger partial charge in [-0.05, 0) is 18.2 Å². The Bertz CT molecular complexity index is 1860. The van der Waals surface area contributed by atoms with E-state index >= 15 is 0 Å². The van der Waals surface area contributed by atoms with Crippen LogP contribution in [0.3, 0.4) is 0 Å². The fourth-order valence-corrected chi connectivity index (χ4v) is 5.21. The van der Waals surface area contributed by atoms with Crippen LogP contribution in [0.25, 0.3) is 0 Å². The summed E-state index contributed by atoms with van der Waals surface area (Å²) in [6, 6.07) is 3.41. The summed E-state index contributed by atoms with van der Waals surface area (Å²) in [5.41, 5.74) is -15.4. The molecule has 0 bridgehead atoms. The average molecular weight is 757 g/mol. The van der Waals surface area contributed by atoms with Crippen molar-refractivity contribution in [3.05, 3.63) is 144 Å². The standard InChI is InChI=1S/C21H12N9O21P/c31-22(32)13-4-1-10(16(25(37)38)19(13)28(43)44)7-49-52(50-8-11-2-5-14(23(33)34)20(29(45)46)17(11)26(39)40)51-9-12-3-6-15(24(35)36)21(30(47)48)18(12)27(41)42/h1-6H,7-9H2. The van der Waals surface area contributed by atoms with Gasteiger partial charge in [-0.25, -0.2) is 0 Å². The Labute approximate surface area is 282 Å². The van der Waals surface area contributed by atoms with E-state index in [9.17, 15) is 91.0 Å². The first-order chi connectivity index (χ1) is 24.3. The Balaban J connectivity index is 2.13. The van der Waals surface area contributed by atoms with Crippen LogP contribution in [0.4, 0.5) is 51.2 Å². The molecule has 0 N–H and O–H groups in total. The number of hydrogen-bond acceptors (Lipinski definition) is 21. The molecular weight excluding hydrogens is 745 g/mol. The van der Waals surface area contributed by atoms with E-state index in [4.69, 9.17) is 13.6 Å². The Morgan fingerprint density at radius 1 is 0.346 bits per heavy atom. The highest BCUT2D eigenvalue weighted by Gasteiger charge is 2.42. The minimum absolute atomic E-state index is 0.493. The molecule has 0 spiro atoms. The smallest absolute Gasteiger partial charge is 0.307 e. The molecular formula is C21H12N9O21P. The third-order valence-corrected chi connectivity index (χ3v) is 7.32. The molecule has 3 aromatic rings. The average Bonchev–Trinajstić information content (AvgIpc) is 3.05. The normalized spacial score (nSPS) is 10.8. The Morgan fingerprint density at radius 3 is 0.731 bits per heavy atom. The van der Waals surface area contributed by atoms with Crippen LogP contribution in [0.15, 0.2) is 36.4 Å². The number of nitro groups is 9. The zero-order valence-corrected chi connectivity index (χ0v) is 25.5. The van der Waals surface area contributed by atoms with Gasteiger partial charge in [-0.3, -0.25) is 91.0 Å². The third kappa shape index (κ3) is 8.23. The second-order valence-corrected chi connectivity index (χ2v) is 10.4. The van der Waals surface area contributed by atoms with Gasteiger partial charge in [0.05, 0.1) is 80.8 Å². The minimum atomic E-state index is -3.24. The van der Waals surface area contributed by atoms with E-state index in [0.29, 0.717) is 36.4 Å². The van der Waals surface area contributed by atoms with E-state index in [1.807, 2.05) is 0 Å². The van der Waals surface area contributed by atoms with Gasteiger partial charge in [0.1, 0.15) is 0 Å². The van der Waals surface area contributed by atoms with E-state index in [-0.39, 0.29) is 0 Å². The van der Waals surface area contributed by atoms with Crippen molar-refractivity contribution in [3.8, 4) is 0 Å². The van der Waals surface area contributed by atoms with Crippen molar-refractivity contribution in [2.24, 2.45) is 0 Å². The fourth-order valence-electron chi connectivity index (χ4n) is 4.25. The quantitative estimate of drug-likeness (QED) is 0.0931. The van der Waals surface area contributed by atoms with Gasteiger partial charge in [0.25, 0.3) is 0 Å². The van der Waals surface area contributed by atoms with Crippen LogP contribution in [0.2, 0.25) is 0 Å². The Kier molecular flexibility index (Phi) is 11.9. The molecule has 0 aliphatic carbocycles. The number of hydrogen-bond donors (Lipinski definition) is 0. The molecule has 0 heterocycles. The van der Waals surface area contributed by atoms with Gasteiger partial charge in [-0.15, -0.1) is 0 Å². The predicted octanol–water partition coefficient (Wildman–Crippen LogP) is 5.04. The summed E-state index contributed by atoms with van der Waals surface area (Å²) in [4.78, 5) is 91.3. The lowest BCUT2D eigenvalue weighted by Crippen LogP contribution is -2.08. The lowest BCUT2D eigenvalue weighted by atomic mass is 10.1. The molecule has 3 aromatic carbocycles. The largest absolute Gasteiger partial charge is 0.422 e. The molecule has 0 unspecified atom stereocenters. The van der Waals surface area contributed by atoms with Gasteiger partial charge in [0.15, 0.2) is 0 Å². The lowest BCUT2D eigenvalue weighted by molar-refractivity contribution is -0.441. The molecule has 0 saturated heterocycles. The molecule has 0 radical (unpaired) electrons. The van der Waals surface area contributed by atoms with Crippen LogP contribution in [0, 0.1) is 91.0 Å². The number of benzene rings is 3. The lowest BCUT2D eigenvalue weighted by Gasteiger charge is -2.17. The van der Waals surface area contributed by atoms with Crippen molar-refractivity contribution in [2.75, 3.05) is 0 Å². The molecule has 272 valence electrons. The van der Waals surface area contributed by atoms with Crippen LogP contribution in [0.1, 0.15) is 16.7 Å². The molecule has 0 saturated carbocycles. The molecule has 52 heavy (non-hydrogen) atoms. The second-order valence-electron chi connectivity index (χ2n) is 9.18. The highest BCUT2D eigenvalue weighted by Crippen LogP contribution is 2.48. The van der Waals surface area contributed by atoms with Gasteiger partial charge in [0, 0.05) is 18.2 Å². The summed E-state index contributed by atoms with van der Waals surface area (Å²) in [5, 5.41) is 104. The van der Waals surface area contributed by atoms with Crippen LogP contribution >= 0.6 is 8.60 Å².